The fourth-order valence-corrected chi connectivity index (χ4v) is 8.92. The van der Waals surface area contributed by atoms with Crippen molar-refractivity contribution in [1.29, 1.82) is 0 Å². The first-order valence-electron chi connectivity index (χ1n) is 20.0. The molecule has 55 heavy (non-hydrogen) atoms. The number of ether oxygens (including phenoxy) is 1. The van der Waals surface area contributed by atoms with Gasteiger partial charge in [0.1, 0.15) is 18.2 Å². The molecule has 0 amide bonds. The number of rotatable bonds is 4. The lowest BCUT2D eigenvalue weighted by molar-refractivity contribution is 0.483. The van der Waals surface area contributed by atoms with E-state index >= 15 is 0 Å². The smallest absolute Gasteiger partial charge is 0.162 e. The molecule has 4 aromatic heterocycles. The summed E-state index contributed by atoms with van der Waals surface area (Å²) < 4.78 is 34.9. The van der Waals surface area contributed by atoms with Crippen LogP contribution in [-0.2, 0) is 0 Å². The van der Waals surface area contributed by atoms with Crippen molar-refractivity contribution in [3.63, 3.8) is 0 Å². The average molecular weight is 711 g/mol. The Hall–Kier alpha value is -7.31. The molecule has 7 aromatic carbocycles. The molecule has 0 saturated heterocycles. The Morgan fingerprint density at radius 3 is 1.89 bits per heavy atom. The summed E-state index contributed by atoms with van der Waals surface area (Å²) in [6, 6.07) is 56.0. The third-order valence-electron chi connectivity index (χ3n) is 11.3. The van der Waals surface area contributed by atoms with Crippen LogP contribution in [-0.4, -0.2) is 20.5 Å². The van der Waals surface area contributed by atoms with E-state index in [9.17, 15) is 0 Å². The summed E-state index contributed by atoms with van der Waals surface area (Å²) in [5.74, 6) is 1.43. The summed E-state index contributed by atoms with van der Waals surface area (Å²) in [4.78, 5) is 9.57. The van der Waals surface area contributed by atoms with E-state index in [4.69, 9.17) is 13.8 Å². The lowest BCUT2D eigenvalue weighted by Crippen LogP contribution is -2.23. The number of hydrogen-bond acceptors (Lipinski definition) is 4. The Kier molecular flexibility index (Phi) is 5.63. The number of pyridine rings is 1. The summed E-state index contributed by atoms with van der Waals surface area (Å²) in [7, 11) is 0. The van der Waals surface area contributed by atoms with Crippen molar-refractivity contribution in [2.24, 2.45) is 0 Å². The standard InChI is InChI=1S/C49H33N5O/c1-31-21-23-32(24-22-31)51-30-52(44-19-5-4-18-43(44)51)33-10-6-11-34(28-33)55-35-25-26-37-39-14-8-16-41-40-15-7-13-38-36-12-2-3-17-42(36)53(47(38)40)45-20-9-27-50-49(45)54(48(39)41)46(37)29-35/h2-29H,30H2,1H3/i1D3. The van der Waals surface area contributed by atoms with Gasteiger partial charge in [0.15, 0.2) is 5.65 Å². The van der Waals surface area contributed by atoms with Gasteiger partial charge in [0.2, 0.25) is 0 Å². The molecule has 260 valence electrons. The zero-order chi connectivity index (χ0) is 38.7. The van der Waals surface area contributed by atoms with E-state index in [-0.39, 0.29) is 0 Å². The molecule has 0 N–H and O–H groups in total. The van der Waals surface area contributed by atoms with E-state index in [0.29, 0.717) is 18.0 Å². The molecule has 1 aliphatic rings. The van der Waals surface area contributed by atoms with Crippen LogP contribution >= 0.6 is 0 Å². The van der Waals surface area contributed by atoms with Crippen molar-refractivity contribution in [2.45, 2.75) is 6.85 Å². The largest absolute Gasteiger partial charge is 0.457 e. The average Bonchev–Trinajstić information content (AvgIpc) is 3.91. The molecule has 6 heteroatoms. The predicted octanol–water partition coefficient (Wildman–Crippen LogP) is 12.7. The number of nitrogens with zero attached hydrogens (tertiary/aromatic N) is 5. The topological polar surface area (TPSA) is 37.4 Å². The number of aromatic nitrogens is 3. The Balaban J connectivity index is 0.998. The molecule has 12 rings (SSSR count). The van der Waals surface area contributed by atoms with E-state index in [1.165, 1.54) is 21.7 Å². The molecule has 0 fully saturated rings. The van der Waals surface area contributed by atoms with Crippen molar-refractivity contribution in [2.75, 3.05) is 16.5 Å². The lowest BCUT2D eigenvalue weighted by Gasteiger charge is -2.22. The maximum Gasteiger partial charge on any atom is 0.162 e. The highest BCUT2D eigenvalue weighted by Crippen LogP contribution is 2.45. The van der Waals surface area contributed by atoms with Crippen LogP contribution in [0.5, 0.6) is 11.5 Å². The Bertz CT molecular complexity index is 3480. The van der Waals surface area contributed by atoms with Gasteiger partial charge in [0.25, 0.3) is 0 Å². The number of benzene rings is 7. The van der Waals surface area contributed by atoms with Gasteiger partial charge < -0.3 is 18.9 Å². The highest BCUT2D eigenvalue weighted by Gasteiger charge is 2.28. The molecule has 5 heterocycles. The van der Waals surface area contributed by atoms with Crippen molar-refractivity contribution in [1.82, 2.24) is 13.8 Å². The predicted molar refractivity (Wildman–Crippen MR) is 227 cm³/mol. The molecule has 1 aliphatic heterocycles. The zero-order valence-corrected chi connectivity index (χ0v) is 29.5. The first kappa shape index (κ1) is 27.3. The summed E-state index contributed by atoms with van der Waals surface area (Å²) in [5.41, 5.74) is 10.7. The van der Waals surface area contributed by atoms with Gasteiger partial charge in [-0.25, -0.2) is 4.98 Å². The number of fused-ring (bicyclic) bond motifs is 11. The number of para-hydroxylation sites is 5. The van der Waals surface area contributed by atoms with E-state index < -0.39 is 6.85 Å². The zero-order valence-electron chi connectivity index (χ0n) is 32.5. The van der Waals surface area contributed by atoms with Gasteiger partial charge in [-0.2, -0.15) is 0 Å². The minimum Gasteiger partial charge on any atom is -0.457 e. The summed E-state index contributed by atoms with van der Waals surface area (Å²) in [6.45, 7) is -1.59. The van der Waals surface area contributed by atoms with Crippen molar-refractivity contribution in [3.05, 3.63) is 176 Å². The molecular weight excluding hydrogens is 675 g/mol. The van der Waals surface area contributed by atoms with E-state index in [1.54, 1.807) is 12.1 Å². The normalized spacial score (nSPS) is 14.1. The lowest BCUT2D eigenvalue weighted by atomic mass is 10.0. The second-order valence-electron chi connectivity index (χ2n) is 14.2. The quantitative estimate of drug-likeness (QED) is 0.182. The van der Waals surface area contributed by atoms with Gasteiger partial charge in [-0.1, -0.05) is 90.5 Å². The van der Waals surface area contributed by atoms with Gasteiger partial charge >= 0.3 is 0 Å². The minimum absolute atomic E-state index is 0.328. The van der Waals surface area contributed by atoms with Crippen LogP contribution in [0.3, 0.4) is 0 Å². The summed E-state index contributed by atoms with van der Waals surface area (Å²) in [5, 5.41) is 7.05. The van der Waals surface area contributed by atoms with Crippen LogP contribution in [0.2, 0.25) is 0 Å². The maximum atomic E-state index is 7.81. The Morgan fingerprint density at radius 2 is 1.11 bits per heavy atom. The molecule has 0 saturated carbocycles. The molecule has 11 aromatic rings. The van der Waals surface area contributed by atoms with E-state index in [2.05, 4.69) is 128 Å². The number of aryl methyl sites for hydroxylation is 1. The molecule has 0 aliphatic carbocycles. The molecule has 0 spiro atoms. The van der Waals surface area contributed by atoms with Crippen LogP contribution < -0.4 is 14.5 Å². The fraction of sp³-hybridized carbons (Fsp3) is 0.0408. The third kappa shape index (κ3) is 4.33. The SMILES string of the molecule is [2H]C([2H])([2H])c1ccc(N2CN(c3cccc(Oc4ccc5c6cccc7c8cccc9c%10ccccc%10n(c%10cccnc%10n(c5c4)c67)c98)c3)c3ccccc32)cc1. The first-order chi connectivity index (χ1) is 28.4. The van der Waals surface area contributed by atoms with E-state index in [0.717, 1.165) is 72.4 Å². The highest BCUT2D eigenvalue weighted by molar-refractivity contribution is 6.25. The van der Waals surface area contributed by atoms with Crippen molar-refractivity contribution < 1.29 is 8.85 Å². The Labute approximate surface area is 320 Å². The second kappa shape index (κ2) is 11.3. The minimum atomic E-state index is -2.15. The summed E-state index contributed by atoms with van der Waals surface area (Å²) >= 11 is 0. The monoisotopic (exact) mass is 710 g/mol. The van der Waals surface area contributed by atoms with Crippen LogP contribution in [0.25, 0.3) is 65.5 Å². The molecule has 0 atom stereocenters. The third-order valence-corrected chi connectivity index (χ3v) is 11.3. The van der Waals surface area contributed by atoms with Gasteiger partial charge in [0.05, 0.1) is 39.0 Å². The van der Waals surface area contributed by atoms with Crippen LogP contribution in [0, 0.1) is 6.85 Å². The fourth-order valence-electron chi connectivity index (χ4n) is 8.92. The van der Waals surface area contributed by atoms with Crippen LogP contribution in [0.15, 0.2) is 170 Å². The number of anilines is 4. The molecule has 0 bridgehead atoms. The molecule has 0 radical (unpaired) electrons. The van der Waals surface area contributed by atoms with Crippen molar-refractivity contribution in [3.8, 4) is 11.5 Å². The van der Waals surface area contributed by atoms with Crippen LogP contribution in [0.4, 0.5) is 22.7 Å². The van der Waals surface area contributed by atoms with E-state index in [1.807, 2.05) is 48.7 Å². The van der Waals surface area contributed by atoms with Crippen molar-refractivity contribution >= 4 is 88.3 Å². The molecule has 6 nitrogen and oxygen atoms in total. The first-order valence-corrected chi connectivity index (χ1v) is 18.5. The van der Waals surface area contributed by atoms with Gasteiger partial charge in [-0.05, 0) is 73.6 Å². The second-order valence-corrected chi connectivity index (χ2v) is 14.2. The van der Waals surface area contributed by atoms with Crippen LogP contribution in [0.1, 0.15) is 9.68 Å². The van der Waals surface area contributed by atoms with Gasteiger partial charge in [-0.3, -0.25) is 4.40 Å². The number of hydrogen-bond donors (Lipinski definition) is 0. The van der Waals surface area contributed by atoms with Gasteiger partial charge in [-0.15, -0.1) is 0 Å². The van der Waals surface area contributed by atoms with Gasteiger partial charge in [0, 0.05) is 66.1 Å². The maximum absolute atomic E-state index is 7.81. The Morgan fingerprint density at radius 1 is 0.491 bits per heavy atom. The molecule has 0 unspecified atom stereocenters. The summed E-state index contributed by atoms with van der Waals surface area (Å²) in [6.07, 6.45) is 1.88. The molecular formula is C49H33N5O. The highest BCUT2D eigenvalue weighted by atomic mass is 16.5.